The number of amides is 1. The molecule has 2 atom stereocenters. The van der Waals surface area contributed by atoms with Crippen LogP contribution in [-0.4, -0.2) is 35.1 Å². The molecule has 0 radical (unpaired) electrons. The molecule has 2 rings (SSSR count). The molecule has 0 spiro atoms. The third-order valence-corrected chi connectivity index (χ3v) is 3.79. The van der Waals surface area contributed by atoms with Crippen molar-refractivity contribution < 1.29 is 23.1 Å². The Bertz CT molecular complexity index is 546. The molecule has 0 aromatic heterocycles. The predicted octanol–water partition coefficient (Wildman–Crippen LogP) is 2.13. The van der Waals surface area contributed by atoms with E-state index < -0.39 is 29.4 Å². The molecular weight excluding hydrogens is 285 g/mol. The van der Waals surface area contributed by atoms with Gasteiger partial charge in [0.2, 0.25) is 0 Å². The molecule has 1 aliphatic heterocycles. The van der Waals surface area contributed by atoms with Crippen molar-refractivity contribution in [2.75, 3.05) is 18.8 Å². The number of aliphatic hydroxyl groups excluding tert-OH is 1. The SMILES string of the molecule is CC1CN(C(=O)c2cccc(C(F)(F)F)c2N)CCC1O. The second kappa shape index (κ2) is 5.55. The number of likely N-dealkylation sites (tertiary alicyclic amines) is 1. The first-order valence-corrected chi connectivity index (χ1v) is 6.65. The molecule has 1 aromatic carbocycles. The van der Waals surface area contributed by atoms with Crippen molar-refractivity contribution in [3.05, 3.63) is 29.3 Å². The average molecular weight is 302 g/mol. The van der Waals surface area contributed by atoms with Crippen LogP contribution in [0, 0.1) is 5.92 Å². The van der Waals surface area contributed by atoms with Gasteiger partial charge in [0.15, 0.2) is 0 Å². The molecule has 21 heavy (non-hydrogen) atoms. The summed E-state index contributed by atoms with van der Waals surface area (Å²) in [5.41, 5.74) is 3.83. The molecule has 1 aliphatic rings. The van der Waals surface area contributed by atoms with Crippen molar-refractivity contribution in [3.8, 4) is 0 Å². The van der Waals surface area contributed by atoms with Gasteiger partial charge in [0.25, 0.3) is 5.91 Å². The first kappa shape index (κ1) is 15.6. The quantitative estimate of drug-likeness (QED) is 0.781. The Balaban J connectivity index is 2.28. The van der Waals surface area contributed by atoms with E-state index in [1.807, 2.05) is 0 Å². The molecule has 1 aromatic rings. The van der Waals surface area contributed by atoms with Gasteiger partial charge in [-0.25, -0.2) is 0 Å². The summed E-state index contributed by atoms with van der Waals surface area (Å²) < 4.78 is 38.4. The number of hydrogen-bond acceptors (Lipinski definition) is 3. The van der Waals surface area contributed by atoms with Gasteiger partial charge in [0.1, 0.15) is 0 Å². The molecule has 1 saturated heterocycles. The summed E-state index contributed by atoms with van der Waals surface area (Å²) >= 11 is 0. The summed E-state index contributed by atoms with van der Waals surface area (Å²) in [6.45, 7) is 2.40. The highest BCUT2D eigenvalue weighted by molar-refractivity contribution is 5.99. The molecule has 2 unspecified atom stereocenters. The fraction of sp³-hybridized carbons (Fsp3) is 0.500. The molecule has 7 heteroatoms. The van der Waals surface area contributed by atoms with E-state index in [-0.39, 0.29) is 11.5 Å². The summed E-state index contributed by atoms with van der Waals surface area (Å²) in [7, 11) is 0. The van der Waals surface area contributed by atoms with Crippen molar-refractivity contribution in [2.45, 2.75) is 25.6 Å². The normalized spacial score (nSPS) is 23.2. The minimum atomic E-state index is -4.59. The molecule has 0 bridgehead atoms. The van der Waals surface area contributed by atoms with Crippen LogP contribution in [0.3, 0.4) is 0 Å². The number of halogens is 3. The minimum Gasteiger partial charge on any atom is -0.398 e. The zero-order valence-corrected chi connectivity index (χ0v) is 11.5. The van der Waals surface area contributed by atoms with E-state index in [0.29, 0.717) is 19.5 Å². The summed E-state index contributed by atoms with van der Waals surface area (Å²) in [5, 5.41) is 9.64. The number of benzene rings is 1. The first-order valence-electron chi connectivity index (χ1n) is 6.65. The van der Waals surface area contributed by atoms with Crippen molar-refractivity contribution >= 4 is 11.6 Å². The number of nitrogens with zero attached hydrogens (tertiary/aromatic N) is 1. The molecule has 0 aliphatic carbocycles. The third-order valence-electron chi connectivity index (χ3n) is 3.79. The van der Waals surface area contributed by atoms with Crippen LogP contribution in [0.5, 0.6) is 0 Å². The maximum atomic E-state index is 12.8. The Morgan fingerprint density at radius 2 is 2.10 bits per heavy atom. The van der Waals surface area contributed by atoms with E-state index in [0.717, 1.165) is 6.07 Å². The summed E-state index contributed by atoms with van der Waals surface area (Å²) in [6.07, 6.45) is -4.68. The van der Waals surface area contributed by atoms with Gasteiger partial charge in [0.05, 0.1) is 22.9 Å². The van der Waals surface area contributed by atoms with Crippen molar-refractivity contribution in [3.63, 3.8) is 0 Å². The number of alkyl halides is 3. The van der Waals surface area contributed by atoms with E-state index in [9.17, 15) is 23.1 Å². The van der Waals surface area contributed by atoms with E-state index in [1.54, 1.807) is 6.92 Å². The van der Waals surface area contributed by atoms with Crippen LogP contribution >= 0.6 is 0 Å². The zero-order valence-electron chi connectivity index (χ0n) is 11.5. The van der Waals surface area contributed by atoms with Crippen molar-refractivity contribution in [1.29, 1.82) is 0 Å². The smallest absolute Gasteiger partial charge is 0.398 e. The van der Waals surface area contributed by atoms with E-state index >= 15 is 0 Å². The molecule has 3 N–H and O–H groups in total. The summed E-state index contributed by atoms with van der Waals surface area (Å²) in [5.74, 6) is -0.646. The number of aliphatic hydroxyl groups is 1. The number of carbonyl (C=O) groups excluding carboxylic acids is 1. The van der Waals surface area contributed by atoms with Gasteiger partial charge in [0, 0.05) is 13.1 Å². The lowest BCUT2D eigenvalue weighted by Gasteiger charge is -2.34. The van der Waals surface area contributed by atoms with Gasteiger partial charge < -0.3 is 15.7 Å². The van der Waals surface area contributed by atoms with Gasteiger partial charge in [-0.15, -0.1) is 0 Å². The Hall–Kier alpha value is -1.76. The number of anilines is 1. The second-order valence-electron chi connectivity index (χ2n) is 5.35. The maximum absolute atomic E-state index is 12.8. The fourth-order valence-electron chi connectivity index (χ4n) is 2.49. The lowest BCUT2D eigenvalue weighted by Crippen LogP contribution is -2.45. The maximum Gasteiger partial charge on any atom is 0.418 e. The van der Waals surface area contributed by atoms with Crippen LogP contribution in [0.4, 0.5) is 18.9 Å². The molecule has 4 nitrogen and oxygen atoms in total. The number of nitrogens with two attached hydrogens (primary N) is 1. The standard InChI is InChI=1S/C14H17F3N2O2/c1-8-7-19(6-5-11(8)20)13(21)9-3-2-4-10(12(9)18)14(15,16)17/h2-4,8,11,20H,5-7,18H2,1H3. The van der Waals surface area contributed by atoms with Gasteiger partial charge in [-0.2, -0.15) is 13.2 Å². The van der Waals surface area contributed by atoms with Crippen molar-refractivity contribution in [2.24, 2.45) is 5.92 Å². The number of rotatable bonds is 1. The van der Waals surface area contributed by atoms with Crippen LogP contribution in [0.15, 0.2) is 18.2 Å². The molecule has 0 saturated carbocycles. The van der Waals surface area contributed by atoms with Gasteiger partial charge >= 0.3 is 6.18 Å². The summed E-state index contributed by atoms with van der Waals surface area (Å²) in [6, 6.07) is 3.33. The van der Waals surface area contributed by atoms with E-state index in [4.69, 9.17) is 5.73 Å². The molecule has 1 fully saturated rings. The van der Waals surface area contributed by atoms with Gasteiger partial charge in [-0.1, -0.05) is 13.0 Å². The molecule has 1 amide bonds. The zero-order chi connectivity index (χ0) is 15.8. The fourth-order valence-corrected chi connectivity index (χ4v) is 2.49. The lowest BCUT2D eigenvalue weighted by atomic mass is 9.95. The van der Waals surface area contributed by atoms with Gasteiger partial charge in [-0.05, 0) is 24.5 Å². The van der Waals surface area contributed by atoms with Crippen LogP contribution in [-0.2, 0) is 6.18 Å². The molecule has 116 valence electrons. The van der Waals surface area contributed by atoms with E-state index in [2.05, 4.69) is 0 Å². The second-order valence-corrected chi connectivity index (χ2v) is 5.35. The van der Waals surface area contributed by atoms with Crippen LogP contribution in [0.25, 0.3) is 0 Å². The van der Waals surface area contributed by atoms with Crippen molar-refractivity contribution in [1.82, 2.24) is 4.90 Å². The summed E-state index contributed by atoms with van der Waals surface area (Å²) in [4.78, 5) is 13.8. The Labute approximate surface area is 120 Å². The topological polar surface area (TPSA) is 66.6 Å². The van der Waals surface area contributed by atoms with Crippen LogP contribution < -0.4 is 5.73 Å². The number of carbonyl (C=O) groups is 1. The number of hydrogen-bond donors (Lipinski definition) is 2. The Kier molecular flexibility index (Phi) is 4.13. The highest BCUT2D eigenvalue weighted by Crippen LogP contribution is 2.35. The highest BCUT2D eigenvalue weighted by atomic mass is 19.4. The Morgan fingerprint density at radius 1 is 1.43 bits per heavy atom. The minimum absolute atomic E-state index is 0.116. The average Bonchev–Trinajstić information content (AvgIpc) is 2.40. The largest absolute Gasteiger partial charge is 0.418 e. The highest BCUT2D eigenvalue weighted by Gasteiger charge is 2.35. The third kappa shape index (κ3) is 3.12. The monoisotopic (exact) mass is 302 g/mol. The van der Waals surface area contributed by atoms with E-state index in [1.165, 1.54) is 17.0 Å². The van der Waals surface area contributed by atoms with Gasteiger partial charge in [-0.3, -0.25) is 4.79 Å². The number of piperidine rings is 1. The molecular formula is C14H17F3N2O2. The first-order chi connectivity index (χ1) is 9.71. The predicted molar refractivity (Wildman–Crippen MR) is 71.5 cm³/mol. The van der Waals surface area contributed by atoms with Crippen LogP contribution in [0.1, 0.15) is 29.3 Å². The Morgan fingerprint density at radius 3 is 2.67 bits per heavy atom. The number of nitrogen functional groups attached to an aromatic ring is 1. The molecule has 1 heterocycles. The number of para-hydroxylation sites is 1. The van der Waals surface area contributed by atoms with Crippen LogP contribution in [0.2, 0.25) is 0 Å². The lowest BCUT2D eigenvalue weighted by molar-refractivity contribution is -0.136.